The molecule has 0 aromatic carbocycles. The molecule has 0 bridgehead atoms. The average molecular weight is 497 g/mol. The predicted octanol–water partition coefficient (Wildman–Crippen LogP) is 3.30. The number of amides is 1. The molecule has 1 aliphatic rings. The molecule has 1 amide bonds. The number of nitrogens with one attached hydrogen (secondary N) is 3. The molecule has 1 fully saturated rings. The third-order valence-corrected chi connectivity index (χ3v) is 6.69. The number of hydrogen-bond donors (Lipinski definition) is 3. The van der Waals surface area contributed by atoms with Crippen LogP contribution in [-0.4, -0.2) is 79.2 Å². The zero-order valence-electron chi connectivity index (χ0n) is 21.0. The Morgan fingerprint density at radius 3 is 2.68 bits per heavy atom. The van der Waals surface area contributed by atoms with Crippen LogP contribution in [0.1, 0.15) is 13.8 Å². The first-order valence-electron chi connectivity index (χ1n) is 12.4. The number of carbonyl (C=O) groups excluding carboxylic acids is 1. The monoisotopic (exact) mass is 496 g/mol. The third kappa shape index (κ3) is 4.38. The molecule has 6 heterocycles. The van der Waals surface area contributed by atoms with Crippen molar-refractivity contribution in [1.29, 1.82) is 0 Å². The molecule has 0 saturated carbocycles. The van der Waals surface area contributed by atoms with Gasteiger partial charge in [0.2, 0.25) is 5.91 Å². The number of imidazole rings is 1. The number of aromatic amines is 2. The molecule has 5 aromatic rings. The molecule has 11 heteroatoms. The van der Waals surface area contributed by atoms with Gasteiger partial charge < -0.3 is 20.1 Å². The fraction of sp³-hybridized carbons (Fsp3) is 0.308. The first-order valence-corrected chi connectivity index (χ1v) is 12.4. The third-order valence-electron chi connectivity index (χ3n) is 6.69. The molecule has 0 radical (unpaired) electrons. The maximum atomic E-state index is 12.1. The SMILES string of the molecule is CC(C)C(=O)Nc1cncc(-c2cnc3[nH]nc(-c4nc5c(N6CCN(C)CC6)nccc5[nH]4)c3c2)c1. The molecule has 1 aliphatic heterocycles. The average Bonchev–Trinajstić information content (AvgIpc) is 3.53. The highest BCUT2D eigenvalue weighted by Crippen LogP contribution is 2.31. The van der Waals surface area contributed by atoms with Crippen LogP contribution in [0.4, 0.5) is 11.5 Å². The summed E-state index contributed by atoms with van der Waals surface area (Å²) >= 11 is 0. The van der Waals surface area contributed by atoms with Gasteiger partial charge in [0.1, 0.15) is 11.2 Å². The lowest BCUT2D eigenvalue weighted by atomic mass is 10.1. The molecule has 11 nitrogen and oxygen atoms in total. The van der Waals surface area contributed by atoms with Gasteiger partial charge in [0.15, 0.2) is 17.3 Å². The summed E-state index contributed by atoms with van der Waals surface area (Å²) in [6.45, 7) is 7.51. The molecular formula is C26H28N10O. The van der Waals surface area contributed by atoms with Crippen LogP contribution in [-0.2, 0) is 4.79 Å². The zero-order valence-corrected chi connectivity index (χ0v) is 21.0. The summed E-state index contributed by atoms with van der Waals surface area (Å²) in [5, 5.41) is 11.3. The summed E-state index contributed by atoms with van der Waals surface area (Å²) in [5.74, 6) is 1.36. The Bertz CT molecular complexity index is 1600. The van der Waals surface area contributed by atoms with E-state index in [0.717, 1.165) is 59.5 Å². The van der Waals surface area contributed by atoms with Crippen molar-refractivity contribution in [3.63, 3.8) is 0 Å². The van der Waals surface area contributed by atoms with Crippen LogP contribution < -0.4 is 10.2 Å². The van der Waals surface area contributed by atoms with E-state index < -0.39 is 0 Å². The summed E-state index contributed by atoms with van der Waals surface area (Å²) in [7, 11) is 2.14. The van der Waals surface area contributed by atoms with E-state index >= 15 is 0 Å². The van der Waals surface area contributed by atoms with Crippen molar-refractivity contribution in [2.24, 2.45) is 5.92 Å². The minimum atomic E-state index is -0.120. The summed E-state index contributed by atoms with van der Waals surface area (Å²) in [4.78, 5) is 38.6. The van der Waals surface area contributed by atoms with Crippen LogP contribution in [0.2, 0.25) is 0 Å². The van der Waals surface area contributed by atoms with Gasteiger partial charge in [-0.1, -0.05) is 13.8 Å². The van der Waals surface area contributed by atoms with Gasteiger partial charge in [-0.25, -0.2) is 15.0 Å². The number of rotatable bonds is 5. The van der Waals surface area contributed by atoms with Gasteiger partial charge >= 0.3 is 0 Å². The number of aromatic nitrogens is 7. The van der Waals surface area contributed by atoms with Gasteiger partial charge in [-0.3, -0.25) is 14.9 Å². The second kappa shape index (κ2) is 9.25. The smallest absolute Gasteiger partial charge is 0.226 e. The molecular weight excluding hydrogens is 468 g/mol. The van der Waals surface area contributed by atoms with Crippen LogP contribution in [0.3, 0.4) is 0 Å². The van der Waals surface area contributed by atoms with E-state index in [1.807, 2.05) is 38.2 Å². The fourth-order valence-electron chi connectivity index (χ4n) is 4.48. The topological polar surface area (TPSA) is 132 Å². The standard InChI is InChI=1S/C26H28N10O/c1-15(2)26(37)30-18-10-16(12-27-14-18)17-11-19-21(33-34-23(19)29-13-17)24-31-20-4-5-28-25(22(20)32-24)36-8-6-35(3)7-9-36/h4-5,10-15H,6-9H2,1-3H3,(H,30,37)(H,31,32)(H,29,33,34). The van der Waals surface area contributed by atoms with E-state index in [4.69, 9.17) is 4.98 Å². The van der Waals surface area contributed by atoms with E-state index in [0.29, 0.717) is 22.9 Å². The molecule has 188 valence electrons. The van der Waals surface area contributed by atoms with Crippen molar-refractivity contribution in [2.45, 2.75) is 13.8 Å². The number of H-pyrrole nitrogens is 2. The summed E-state index contributed by atoms with van der Waals surface area (Å²) < 4.78 is 0. The lowest BCUT2D eigenvalue weighted by molar-refractivity contribution is -0.118. The normalized spacial score (nSPS) is 14.6. The molecule has 0 unspecified atom stereocenters. The first-order chi connectivity index (χ1) is 18.0. The molecule has 0 atom stereocenters. The lowest BCUT2D eigenvalue weighted by Gasteiger charge is -2.33. The van der Waals surface area contributed by atoms with Gasteiger partial charge in [0, 0.05) is 61.8 Å². The quantitative estimate of drug-likeness (QED) is 0.338. The second-order valence-electron chi connectivity index (χ2n) is 9.71. The van der Waals surface area contributed by atoms with E-state index in [1.165, 1.54) is 0 Å². The van der Waals surface area contributed by atoms with Crippen LogP contribution in [0.15, 0.2) is 43.0 Å². The van der Waals surface area contributed by atoms with Gasteiger partial charge in [-0.2, -0.15) is 5.10 Å². The Balaban J connectivity index is 1.36. The van der Waals surface area contributed by atoms with Gasteiger partial charge in [-0.15, -0.1) is 0 Å². The number of fused-ring (bicyclic) bond motifs is 2. The fourth-order valence-corrected chi connectivity index (χ4v) is 4.48. The van der Waals surface area contributed by atoms with Crippen molar-refractivity contribution >= 4 is 39.5 Å². The Morgan fingerprint density at radius 1 is 1.05 bits per heavy atom. The zero-order chi connectivity index (χ0) is 25.5. The summed E-state index contributed by atoms with van der Waals surface area (Å²) in [5.41, 5.74) is 5.44. The van der Waals surface area contributed by atoms with Crippen LogP contribution in [0.25, 0.3) is 44.7 Å². The predicted molar refractivity (Wildman–Crippen MR) is 143 cm³/mol. The minimum absolute atomic E-state index is 0.0556. The number of likely N-dealkylation sites (N-methyl/N-ethyl adjacent to an activating group) is 1. The van der Waals surface area contributed by atoms with Crippen molar-refractivity contribution in [3.05, 3.63) is 43.0 Å². The molecule has 37 heavy (non-hydrogen) atoms. The van der Waals surface area contributed by atoms with Gasteiger partial charge in [0.25, 0.3) is 0 Å². The maximum Gasteiger partial charge on any atom is 0.226 e. The number of nitrogens with zero attached hydrogens (tertiary/aromatic N) is 7. The Morgan fingerprint density at radius 2 is 1.86 bits per heavy atom. The number of piperazine rings is 1. The van der Waals surface area contributed by atoms with E-state index in [9.17, 15) is 4.79 Å². The van der Waals surface area contributed by atoms with E-state index in [-0.39, 0.29) is 11.8 Å². The van der Waals surface area contributed by atoms with E-state index in [2.05, 4.69) is 52.3 Å². The molecule has 0 spiro atoms. The Hall–Kier alpha value is -4.38. The van der Waals surface area contributed by atoms with Crippen LogP contribution in [0, 0.1) is 5.92 Å². The molecule has 1 saturated heterocycles. The Labute approximate surface area is 213 Å². The number of pyridine rings is 3. The second-order valence-corrected chi connectivity index (χ2v) is 9.71. The lowest BCUT2D eigenvalue weighted by Crippen LogP contribution is -2.44. The van der Waals surface area contributed by atoms with Gasteiger partial charge in [0.05, 0.1) is 22.8 Å². The summed E-state index contributed by atoms with van der Waals surface area (Å²) in [6.07, 6.45) is 6.98. The van der Waals surface area contributed by atoms with Crippen molar-refractivity contribution in [2.75, 3.05) is 43.4 Å². The first kappa shape index (κ1) is 23.0. The minimum Gasteiger partial charge on any atom is -0.352 e. The number of hydrogen-bond acceptors (Lipinski definition) is 8. The van der Waals surface area contributed by atoms with Crippen molar-refractivity contribution in [3.8, 4) is 22.6 Å². The molecule has 0 aliphatic carbocycles. The maximum absolute atomic E-state index is 12.1. The van der Waals surface area contributed by atoms with Crippen LogP contribution in [0.5, 0.6) is 0 Å². The Kier molecular flexibility index (Phi) is 5.76. The molecule has 6 rings (SSSR count). The highest BCUT2D eigenvalue weighted by molar-refractivity contribution is 5.96. The molecule has 5 aromatic heterocycles. The largest absolute Gasteiger partial charge is 0.352 e. The van der Waals surface area contributed by atoms with E-state index in [1.54, 1.807) is 18.6 Å². The van der Waals surface area contributed by atoms with Crippen molar-refractivity contribution < 1.29 is 4.79 Å². The highest BCUT2D eigenvalue weighted by atomic mass is 16.1. The van der Waals surface area contributed by atoms with Crippen molar-refractivity contribution in [1.82, 2.24) is 40.0 Å². The number of carbonyl (C=O) groups is 1. The molecule has 3 N–H and O–H groups in total. The number of anilines is 2. The van der Waals surface area contributed by atoms with Crippen LogP contribution >= 0.6 is 0 Å². The van der Waals surface area contributed by atoms with Gasteiger partial charge in [-0.05, 0) is 25.2 Å². The highest BCUT2D eigenvalue weighted by Gasteiger charge is 2.21. The summed E-state index contributed by atoms with van der Waals surface area (Å²) in [6, 6.07) is 5.84.